The zero-order valence-corrected chi connectivity index (χ0v) is 6.91. The Morgan fingerprint density at radius 3 is 2.38 bits per heavy atom. The average molecular weight is 166 g/mol. The number of hydrogen-bond donors (Lipinski definition) is 0. The van der Waals surface area contributed by atoms with E-state index in [1.54, 1.807) is 24.3 Å². The molecule has 0 unspecified atom stereocenters. The zero-order valence-electron chi connectivity index (χ0n) is 6.91. The Kier molecular flexibility index (Phi) is 2.66. The molecule has 60 valence electrons. The summed E-state index contributed by atoms with van der Waals surface area (Å²) in [6.07, 6.45) is 1.65. The molecule has 0 spiro atoms. The van der Waals surface area contributed by atoms with E-state index in [4.69, 9.17) is 10.5 Å². The fourth-order valence-electron chi connectivity index (χ4n) is 0.959. The van der Waals surface area contributed by atoms with Gasteiger partial charge >= 0.3 is 0 Å². The van der Waals surface area contributed by atoms with Gasteiger partial charge in [-0.25, -0.2) is 0 Å². The number of benzene rings is 1. The SMILES string of the molecule is C=C=Cc1ccc(C#N)c(C#N)c1. The van der Waals surface area contributed by atoms with Gasteiger partial charge in [0.15, 0.2) is 0 Å². The minimum Gasteiger partial charge on any atom is -0.192 e. The third-order valence-corrected chi connectivity index (χ3v) is 1.55. The lowest BCUT2D eigenvalue weighted by Crippen LogP contribution is -1.83. The van der Waals surface area contributed by atoms with Crippen LogP contribution in [0, 0.1) is 22.7 Å². The van der Waals surface area contributed by atoms with Crippen LogP contribution in [0.2, 0.25) is 0 Å². The van der Waals surface area contributed by atoms with Gasteiger partial charge in [0.1, 0.15) is 12.1 Å². The minimum atomic E-state index is 0.381. The monoisotopic (exact) mass is 166 g/mol. The molecular weight excluding hydrogens is 160 g/mol. The second-order valence-electron chi connectivity index (χ2n) is 2.38. The number of rotatable bonds is 1. The van der Waals surface area contributed by atoms with E-state index in [1.807, 2.05) is 12.1 Å². The molecule has 0 atom stereocenters. The molecule has 1 aromatic carbocycles. The molecule has 0 heterocycles. The average Bonchev–Trinajstić information content (AvgIpc) is 2.18. The Bertz CT molecular complexity index is 452. The molecule has 0 aliphatic rings. The van der Waals surface area contributed by atoms with Gasteiger partial charge in [0.05, 0.1) is 11.1 Å². The lowest BCUT2D eigenvalue weighted by Gasteiger charge is -1.94. The Balaban J connectivity index is 3.32. The van der Waals surface area contributed by atoms with Crippen molar-refractivity contribution in [1.82, 2.24) is 0 Å². The Morgan fingerprint density at radius 1 is 1.15 bits per heavy atom. The molecule has 0 bridgehead atoms. The highest BCUT2D eigenvalue weighted by atomic mass is 14.3. The summed E-state index contributed by atoms with van der Waals surface area (Å²) in [4.78, 5) is 0. The van der Waals surface area contributed by atoms with Crippen molar-refractivity contribution in [3.63, 3.8) is 0 Å². The van der Waals surface area contributed by atoms with Crippen LogP contribution in [0.25, 0.3) is 6.08 Å². The predicted molar refractivity (Wildman–Crippen MR) is 49.5 cm³/mol. The Labute approximate surface area is 76.7 Å². The van der Waals surface area contributed by atoms with Crippen molar-refractivity contribution in [1.29, 1.82) is 10.5 Å². The molecule has 1 rings (SSSR count). The van der Waals surface area contributed by atoms with Crippen molar-refractivity contribution < 1.29 is 0 Å². The lowest BCUT2D eigenvalue weighted by molar-refractivity contribution is 1.42. The lowest BCUT2D eigenvalue weighted by atomic mass is 10.1. The maximum absolute atomic E-state index is 8.69. The van der Waals surface area contributed by atoms with Gasteiger partial charge in [-0.1, -0.05) is 12.6 Å². The van der Waals surface area contributed by atoms with Crippen LogP contribution in [0.3, 0.4) is 0 Å². The van der Waals surface area contributed by atoms with Gasteiger partial charge in [0.2, 0.25) is 0 Å². The van der Waals surface area contributed by atoms with Gasteiger partial charge in [0.25, 0.3) is 0 Å². The van der Waals surface area contributed by atoms with E-state index in [0.717, 1.165) is 5.56 Å². The van der Waals surface area contributed by atoms with Crippen molar-refractivity contribution in [2.45, 2.75) is 0 Å². The Morgan fingerprint density at radius 2 is 1.85 bits per heavy atom. The standard InChI is InChI=1S/C11H6N2/c1-2-3-9-4-5-10(7-12)11(6-9)8-13/h3-6H,1H2. The maximum Gasteiger partial charge on any atom is 0.101 e. The first kappa shape index (κ1) is 8.81. The van der Waals surface area contributed by atoms with Gasteiger partial charge in [-0.15, -0.1) is 5.73 Å². The van der Waals surface area contributed by atoms with Crippen LogP contribution in [0.4, 0.5) is 0 Å². The van der Waals surface area contributed by atoms with E-state index in [9.17, 15) is 0 Å². The highest BCUT2D eigenvalue weighted by molar-refractivity contribution is 5.56. The summed E-state index contributed by atoms with van der Waals surface area (Å²) in [6.45, 7) is 3.43. The smallest absolute Gasteiger partial charge is 0.101 e. The van der Waals surface area contributed by atoms with E-state index in [-0.39, 0.29) is 0 Å². The van der Waals surface area contributed by atoms with Crippen molar-refractivity contribution in [3.8, 4) is 12.1 Å². The third-order valence-electron chi connectivity index (χ3n) is 1.55. The van der Waals surface area contributed by atoms with Crippen LogP contribution in [-0.2, 0) is 0 Å². The second-order valence-corrected chi connectivity index (χ2v) is 2.38. The maximum atomic E-state index is 8.69. The quantitative estimate of drug-likeness (QED) is 0.600. The molecular formula is C11H6N2. The van der Waals surface area contributed by atoms with Gasteiger partial charge in [-0.3, -0.25) is 0 Å². The molecule has 0 aliphatic heterocycles. The van der Waals surface area contributed by atoms with Crippen molar-refractivity contribution >= 4 is 6.08 Å². The first-order valence-corrected chi connectivity index (χ1v) is 3.62. The third kappa shape index (κ3) is 1.84. The van der Waals surface area contributed by atoms with E-state index in [1.165, 1.54) is 0 Å². The fraction of sp³-hybridized carbons (Fsp3) is 0. The van der Waals surface area contributed by atoms with E-state index in [0.29, 0.717) is 11.1 Å². The normalized spacial score (nSPS) is 7.85. The molecule has 0 fully saturated rings. The molecule has 2 nitrogen and oxygen atoms in total. The second kappa shape index (κ2) is 3.93. The summed E-state index contributed by atoms with van der Waals surface area (Å²) in [5.74, 6) is 0. The summed E-state index contributed by atoms with van der Waals surface area (Å²) in [5.41, 5.74) is 4.20. The molecule has 0 aliphatic carbocycles. The van der Waals surface area contributed by atoms with Crippen LogP contribution in [0.1, 0.15) is 16.7 Å². The van der Waals surface area contributed by atoms with E-state index >= 15 is 0 Å². The molecule has 1 aromatic rings. The summed E-state index contributed by atoms with van der Waals surface area (Å²) >= 11 is 0. The zero-order chi connectivity index (χ0) is 9.68. The largest absolute Gasteiger partial charge is 0.192 e. The van der Waals surface area contributed by atoms with Gasteiger partial charge < -0.3 is 0 Å². The van der Waals surface area contributed by atoms with Crippen LogP contribution in [0.5, 0.6) is 0 Å². The summed E-state index contributed by atoms with van der Waals surface area (Å²) < 4.78 is 0. The highest BCUT2D eigenvalue weighted by Gasteiger charge is 2.00. The molecule has 0 saturated heterocycles. The molecule has 13 heavy (non-hydrogen) atoms. The van der Waals surface area contributed by atoms with Crippen molar-refractivity contribution in [3.05, 3.63) is 47.2 Å². The van der Waals surface area contributed by atoms with Crippen LogP contribution in [-0.4, -0.2) is 0 Å². The molecule has 0 amide bonds. The summed E-state index contributed by atoms with van der Waals surface area (Å²) in [7, 11) is 0. The molecule has 0 radical (unpaired) electrons. The molecule has 0 saturated carbocycles. The molecule has 2 heteroatoms. The molecule has 0 N–H and O–H groups in total. The van der Waals surface area contributed by atoms with Gasteiger partial charge in [-0.2, -0.15) is 10.5 Å². The highest BCUT2D eigenvalue weighted by Crippen LogP contribution is 2.10. The van der Waals surface area contributed by atoms with E-state index < -0.39 is 0 Å². The van der Waals surface area contributed by atoms with Gasteiger partial charge in [0, 0.05) is 0 Å². The summed E-state index contributed by atoms with van der Waals surface area (Å²) in [6, 6.07) is 8.89. The number of nitriles is 2. The topological polar surface area (TPSA) is 47.6 Å². The van der Waals surface area contributed by atoms with Gasteiger partial charge in [-0.05, 0) is 23.8 Å². The first-order chi connectivity index (χ1) is 6.31. The molecule has 0 aromatic heterocycles. The van der Waals surface area contributed by atoms with E-state index in [2.05, 4.69) is 12.3 Å². The summed E-state index contributed by atoms with van der Waals surface area (Å²) in [5, 5.41) is 17.3. The minimum absolute atomic E-state index is 0.381. The predicted octanol–water partition coefficient (Wildman–Crippen LogP) is 2.23. The van der Waals surface area contributed by atoms with Crippen molar-refractivity contribution in [2.24, 2.45) is 0 Å². The number of nitrogens with zero attached hydrogens (tertiary/aromatic N) is 2. The first-order valence-electron chi connectivity index (χ1n) is 3.62. The van der Waals surface area contributed by atoms with Crippen LogP contribution >= 0.6 is 0 Å². The van der Waals surface area contributed by atoms with Crippen molar-refractivity contribution in [2.75, 3.05) is 0 Å². The van der Waals surface area contributed by atoms with Crippen LogP contribution in [0.15, 0.2) is 30.5 Å². The number of hydrogen-bond acceptors (Lipinski definition) is 2. The Hall–Kier alpha value is -2.28. The van der Waals surface area contributed by atoms with Crippen LogP contribution < -0.4 is 0 Å². The fourth-order valence-corrected chi connectivity index (χ4v) is 0.959.